The van der Waals surface area contributed by atoms with Crippen LogP contribution in [0, 0.1) is 0 Å². The van der Waals surface area contributed by atoms with Gasteiger partial charge in [0.25, 0.3) is 0 Å². The van der Waals surface area contributed by atoms with Gasteiger partial charge in [-0.15, -0.1) is 24.8 Å². The van der Waals surface area contributed by atoms with Crippen LogP contribution in [-0.4, -0.2) is 43.3 Å². The maximum absolute atomic E-state index is 12.6. The van der Waals surface area contributed by atoms with E-state index in [0.29, 0.717) is 12.6 Å². The second-order valence-corrected chi connectivity index (χ2v) is 7.04. The second-order valence-electron chi connectivity index (χ2n) is 7.04. The normalized spacial score (nSPS) is 22.6. The van der Waals surface area contributed by atoms with Crippen LogP contribution in [0.4, 0.5) is 13.2 Å². The molecule has 150 valence electrons. The number of nitrogens with zero attached hydrogens (tertiary/aromatic N) is 1. The first kappa shape index (κ1) is 23.5. The van der Waals surface area contributed by atoms with Crippen LogP contribution in [0.5, 0.6) is 0 Å². The molecule has 3 nitrogen and oxygen atoms in total. The first-order chi connectivity index (χ1) is 11.4. The lowest BCUT2D eigenvalue weighted by Crippen LogP contribution is -2.52. The number of halogens is 5. The van der Waals surface area contributed by atoms with E-state index in [2.05, 4.69) is 17.3 Å². The molecule has 0 amide bonds. The maximum Gasteiger partial charge on any atom is 0.416 e. The summed E-state index contributed by atoms with van der Waals surface area (Å²) in [6.45, 7) is 3.42. The van der Waals surface area contributed by atoms with Crippen molar-refractivity contribution in [1.29, 1.82) is 0 Å². The molecule has 1 unspecified atom stereocenters. The van der Waals surface area contributed by atoms with Crippen LogP contribution >= 0.6 is 24.8 Å². The topological polar surface area (TPSA) is 24.5 Å². The fraction of sp³-hybridized carbons (Fsp3) is 0.667. The van der Waals surface area contributed by atoms with Crippen molar-refractivity contribution in [3.05, 3.63) is 35.4 Å². The van der Waals surface area contributed by atoms with Gasteiger partial charge >= 0.3 is 6.18 Å². The molecule has 2 aliphatic heterocycles. The molecule has 1 aromatic carbocycles. The average Bonchev–Trinajstić information content (AvgIpc) is 2.55. The molecule has 8 heteroatoms. The maximum atomic E-state index is 12.6. The highest BCUT2D eigenvalue weighted by molar-refractivity contribution is 5.85. The van der Waals surface area contributed by atoms with Crippen molar-refractivity contribution in [2.24, 2.45) is 0 Å². The third-order valence-corrected chi connectivity index (χ3v) is 5.32. The largest absolute Gasteiger partial charge is 0.416 e. The number of benzene rings is 1. The molecule has 3 rings (SSSR count). The summed E-state index contributed by atoms with van der Waals surface area (Å²) < 4.78 is 44.0. The van der Waals surface area contributed by atoms with E-state index >= 15 is 0 Å². The van der Waals surface area contributed by atoms with Crippen LogP contribution in [0.1, 0.15) is 36.8 Å². The molecule has 2 saturated heterocycles. The minimum Gasteiger partial charge on any atom is -0.375 e. The first-order valence-corrected chi connectivity index (χ1v) is 8.59. The van der Waals surface area contributed by atoms with Crippen LogP contribution in [0.25, 0.3) is 0 Å². The van der Waals surface area contributed by atoms with Crippen molar-refractivity contribution in [2.75, 3.05) is 26.7 Å². The zero-order chi connectivity index (χ0) is 17.2. The smallest absolute Gasteiger partial charge is 0.375 e. The van der Waals surface area contributed by atoms with Crippen LogP contribution in [0.3, 0.4) is 0 Å². The van der Waals surface area contributed by atoms with Gasteiger partial charge in [-0.3, -0.25) is 4.90 Å². The lowest BCUT2D eigenvalue weighted by atomic mass is 9.82. The molecule has 1 atom stereocenters. The Hall–Kier alpha value is -0.530. The standard InChI is InChI=1S/C18H25F3N2O.2ClH/c1-23(13-14-2-4-15(5-3-14)18(19,20)21)16-6-11-24-17(12-16)7-9-22-10-8-17;;/h2-5,16,22H,6-13H2,1H3;2*1H. The zero-order valence-corrected chi connectivity index (χ0v) is 16.5. The van der Waals surface area contributed by atoms with Gasteiger partial charge in [0.2, 0.25) is 0 Å². The Labute approximate surface area is 165 Å². The number of hydrogen-bond donors (Lipinski definition) is 1. The first-order valence-electron chi connectivity index (χ1n) is 8.59. The highest BCUT2D eigenvalue weighted by Crippen LogP contribution is 2.35. The van der Waals surface area contributed by atoms with Gasteiger partial charge in [-0.05, 0) is 63.5 Å². The quantitative estimate of drug-likeness (QED) is 0.798. The Morgan fingerprint density at radius 2 is 1.77 bits per heavy atom. The molecule has 2 fully saturated rings. The third-order valence-electron chi connectivity index (χ3n) is 5.32. The summed E-state index contributed by atoms with van der Waals surface area (Å²) in [4.78, 5) is 2.26. The summed E-state index contributed by atoms with van der Waals surface area (Å²) in [5, 5.41) is 3.37. The van der Waals surface area contributed by atoms with E-state index in [4.69, 9.17) is 4.74 Å². The van der Waals surface area contributed by atoms with Gasteiger partial charge < -0.3 is 10.1 Å². The highest BCUT2D eigenvalue weighted by atomic mass is 35.5. The molecular formula is C18H27Cl2F3N2O. The van der Waals surface area contributed by atoms with Crippen molar-refractivity contribution in [2.45, 2.75) is 50.0 Å². The Morgan fingerprint density at radius 3 is 2.35 bits per heavy atom. The molecule has 0 bridgehead atoms. The number of alkyl halides is 3. The van der Waals surface area contributed by atoms with Gasteiger partial charge in [0.1, 0.15) is 0 Å². The minimum absolute atomic E-state index is 0. The van der Waals surface area contributed by atoms with Gasteiger partial charge in [-0.1, -0.05) is 12.1 Å². The van der Waals surface area contributed by atoms with Crippen molar-refractivity contribution < 1.29 is 17.9 Å². The summed E-state index contributed by atoms with van der Waals surface area (Å²) in [5.74, 6) is 0. The Kier molecular flexibility index (Phi) is 8.68. The van der Waals surface area contributed by atoms with Gasteiger partial charge in [0.05, 0.1) is 11.2 Å². The minimum atomic E-state index is -4.27. The number of ether oxygens (including phenoxy) is 1. The zero-order valence-electron chi connectivity index (χ0n) is 14.8. The van der Waals surface area contributed by atoms with E-state index in [9.17, 15) is 13.2 Å². The summed E-state index contributed by atoms with van der Waals surface area (Å²) in [5.41, 5.74) is 0.313. The molecule has 0 radical (unpaired) electrons. The molecule has 1 aromatic rings. The monoisotopic (exact) mass is 414 g/mol. The van der Waals surface area contributed by atoms with Crippen LogP contribution in [0.15, 0.2) is 24.3 Å². The van der Waals surface area contributed by atoms with Crippen LogP contribution < -0.4 is 5.32 Å². The SMILES string of the molecule is CN(Cc1ccc(C(F)(F)F)cc1)C1CCOC2(CCNCC2)C1.Cl.Cl. The van der Waals surface area contributed by atoms with Crippen LogP contribution in [-0.2, 0) is 17.5 Å². The molecule has 0 aromatic heterocycles. The Morgan fingerprint density at radius 1 is 1.15 bits per heavy atom. The highest BCUT2D eigenvalue weighted by Gasteiger charge is 2.39. The van der Waals surface area contributed by atoms with Gasteiger partial charge in [0.15, 0.2) is 0 Å². The fourth-order valence-corrected chi connectivity index (χ4v) is 3.83. The molecule has 0 aliphatic carbocycles. The van der Waals surface area contributed by atoms with Crippen molar-refractivity contribution >= 4 is 24.8 Å². The van der Waals surface area contributed by atoms with Crippen molar-refractivity contribution in [3.63, 3.8) is 0 Å². The second kappa shape index (κ2) is 9.60. The molecule has 2 heterocycles. The molecule has 1 N–H and O–H groups in total. The van der Waals surface area contributed by atoms with Gasteiger partial charge in [-0.25, -0.2) is 0 Å². The lowest BCUT2D eigenvalue weighted by Gasteiger charge is -2.46. The fourth-order valence-electron chi connectivity index (χ4n) is 3.83. The van der Waals surface area contributed by atoms with Gasteiger partial charge in [0, 0.05) is 19.2 Å². The number of nitrogens with one attached hydrogen (secondary N) is 1. The predicted octanol–water partition coefficient (Wildman–Crippen LogP) is 4.28. The summed E-state index contributed by atoms with van der Waals surface area (Å²) in [6, 6.07) is 5.92. The summed E-state index contributed by atoms with van der Waals surface area (Å²) in [6.07, 6.45) is -0.208. The predicted molar refractivity (Wildman–Crippen MR) is 101 cm³/mol. The molecular weight excluding hydrogens is 388 g/mol. The summed E-state index contributed by atoms with van der Waals surface area (Å²) >= 11 is 0. The van der Waals surface area contributed by atoms with E-state index < -0.39 is 11.7 Å². The Balaban J connectivity index is 0.00000169. The van der Waals surface area contributed by atoms with E-state index in [1.54, 1.807) is 12.1 Å². The molecule has 26 heavy (non-hydrogen) atoms. The molecule has 1 spiro atoms. The lowest BCUT2D eigenvalue weighted by molar-refractivity contribution is -0.137. The number of rotatable bonds is 3. The third kappa shape index (κ3) is 5.73. The molecule has 0 saturated carbocycles. The van der Waals surface area contributed by atoms with E-state index in [0.717, 1.165) is 50.9 Å². The van der Waals surface area contributed by atoms with E-state index in [1.807, 2.05) is 0 Å². The Bertz CT molecular complexity index is 543. The van der Waals surface area contributed by atoms with E-state index in [-0.39, 0.29) is 30.4 Å². The molecule has 2 aliphatic rings. The van der Waals surface area contributed by atoms with E-state index in [1.165, 1.54) is 12.1 Å². The summed E-state index contributed by atoms with van der Waals surface area (Å²) in [7, 11) is 2.06. The number of hydrogen-bond acceptors (Lipinski definition) is 3. The average molecular weight is 415 g/mol. The van der Waals surface area contributed by atoms with Crippen LogP contribution in [0.2, 0.25) is 0 Å². The van der Waals surface area contributed by atoms with Crippen molar-refractivity contribution in [3.8, 4) is 0 Å². The number of piperidine rings is 1. The van der Waals surface area contributed by atoms with Crippen molar-refractivity contribution in [1.82, 2.24) is 10.2 Å². The van der Waals surface area contributed by atoms with Gasteiger partial charge in [-0.2, -0.15) is 13.2 Å².